The lowest BCUT2D eigenvalue weighted by Gasteiger charge is -2.14. The van der Waals surface area contributed by atoms with E-state index >= 15 is 0 Å². The van der Waals surface area contributed by atoms with E-state index in [1.54, 1.807) is 0 Å². The van der Waals surface area contributed by atoms with Gasteiger partial charge in [-0.3, -0.25) is 9.89 Å². The van der Waals surface area contributed by atoms with Crippen molar-refractivity contribution in [2.45, 2.75) is 18.2 Å². The van der Waals surface area contributed by atoms with Crippen LogP contribution in [0.15, 0.2) is 83.9 Å². The van der Waals surface area contributed by atoms with Gasteiger partial charge < -0.3 is 0 Å². The molecule has 0 aromatic heterocycles. The van der Waals surface area contributed by atoms with E-state index in [0.717, 1.165) is 21.3 Å². The van der Waals surface area contributed by atoms with Crippen molar-refractivity contribution in [3.63, 3.8) is 0 Å². The first-order chi connectivity index (χ1) is 12.7. The lowest BCUT2D eigenvalue weighted by molar-refractivity contribution is 0.404. The molecule has 1 unspecified atom stereocenters. The van der Waals surface area contributed by atoms with Gasteiger partial charge >= 0.3 is 0 Å². The molecule has 1 fully saturated rings. The highest BCUT2D eigenvalue weighted by molar-refractivity contribution is 6.31. The molecule has 0 saturated carbocycles. The summed E-state index contributed by atoms with van der Waals surface area (Å²) < 4.78 is 0. The van der Waals surface area contributed by atoms with Gasteiger partial charge in [0, 0.05) is 10.0 Å². The van der Waals surface area contributed by atoms with E-state index in [4.69, 9.17) is 28.2 Å². The van der Waals surface area contributed by atoms with Crippen molar-refractivity contribution in [2.75, 3.05) is 0 Å². The van der Waals surface area contributed by atoms with E-state index in [9.17, 15) is 0 Å². The van der Waals surface area contributed by atoms with Gasteiger partial charge in [-0.2, -0.15) is 0 Å². The molecule has 0 spiro atoms. The molecule has 4 atom stereocenters. The first-order valence-corrected chi connectivity index (χ1v) is 9.39. The molecule has 128 valence electrons. The first-order valence-electron chi connectivity index (χ1n) is 8.64. The summed E-state index contributed by atoms with van der Waals surface area (Å²) in [4.78, 5) is 7.51. The second-order valence-electron chi connectivity index (χ2n) is 6.69. The Morgan fingerprint density at radius 1 is 0.654 bits per heavy atom. The topological polar surface area (TPSA) is 15.4 Å². The summed E-state index contributed by atoms with van der Waals surface area (Å²) in [5.74, 6) is 0. The van der Waals surface area contributed by atoms with Crippen LogP contribution in [-0.4, -0.2) is 16.7 Å². The SMILES string of the molecule is Clc1ccc(C2=N[C@@H](c3ccc(Cl)cc3)N3[C@@H]2[C@@H]3c2ccccc2)cc1. The number of hydrogen-bond donors (Lipinski definition) is 0. The van der Waals surface area contributed by atoms with Crippen LogP contribution in [-0.2, 0) is 0 Å². The number of rotatable bonds is 3. The molecule has 2 aliphatic heterocycles. The smallest absolute Gasteiger partial charge is 0.129 e. The van der Waals surface area contributed by atoms with Gasteiger partial charge in [-0.25, -0.2) is 0 Å². The number of benzene rings is 3. The molecule has 0 amide bonds. The lowest BCUT2D eigenvalue weighted by atomic mass is 10.0. The number of nitrogens with zero attached hydrogens (tertiary/aromatic N) is 2. The molecule has 0 radical (unpaired) electrons. The van der Waals surface area contributed by atoms with Crippen LogP contribution in [0.5, 0.6) is 0 Å². The Labute approximate surface area is 162 Å². The minimum Gasteiger partial charge on any atom is -0.263 e. The van der Waals surface area contributed by atoms with Gasteiger partial charge in [0.1, 0.15) is 6.17 Å². The maximum Gasteiger partial charge on any atom is 0.129 e. The van der Waals surface area contributed by atoms with E-state index in [1.807, 2.05) is 24.3 Å². The molecule has 3 aromatic carbocycles. The zero-order valence-electron chi connectivity index (χ0n) is 13.9. The number of halogens is 2. The normalized spacial score (nSPS) is 26.3. The summed E-state index contributed by atoms with van der Waals surface area (Å²) in [7, 11) is 0. The van der Waals surface area contributed by atoms with Crippen LogP contribution in [0.3, 0.4) is 0 Å². The highest BCUT2D eigenvalue weighted by Gasteiger charge is 2.59. The quantitative estimate of drug-likeness (QED) is 0.516. The molecular weight excluding hydrogens is 363 g/mol. The third-order valence-electron chi connectivity index (χ3n) is 5.12. The first kappa shape index (κ1) is 16.1. The van der Waals surface area contributed by atoms with Crippen molar-refractivity contribution < 1.29 is 0 Å². The molecule has 0 N–H and O–H groups in total. The second kappa shape index (κ2) is 6.24. The van der Waals surface area contributed by atoms with Crippen molar-refractivity contribution in [3.8, 4) is 0 Å². The molecule has 0 bridgehead atoms. The minimum absolute atomic E-state index is 0.0214. The van der Waals surface area contributed by atoms with Crippen LogP contribution < -0.4 is 0 Å². The van der Waals surface area contributed by atoms with Gasteiger partial charge in [0.15, 0.2) is 0 Å². The van der Waals surface area contributed by atoms with Gasteiger partial charge in [0.25, 0.3) is 0 Å². The van der Waals surface area contributed by atoms with Crippen molar-refractivity contribution >= 4 is 28.9 Å². The Balaban J connectivity index is 1.56. The molecule has 2 nitrogen and oxygen atoms in total. The summed E-state index contributed by atoms with van der Waals surface area (Å²) in [6.45, 7) is 0. The molecule has 3 aromatic rings. The number of aliphatic imine (C=N–C) groups is 1. The summed E-state index contributed by atoms with van der Waals surface area (Å²) >= 11 is 12.1. The van der Waals surface area contributed by atoms with Gasteiger partial charge in [-0.1, -0.05) is 77.8 Å². The van der Waals surface area contributed by atoms with Crippen LogP contribution in [0.2, 0.25) is 10.0 Å². The van der Waals surface area contributed by atoms with Crippen LogP contribution in [0.4, 0.5) is 0 Å². The van der Waals surface area contributed by atoms with E-state index in [-0.39, 0.29) is 6.17 Å². The third-order valence-corrected chi connectivity index (χ3v) is 5.63. The molecule has 4 heteroatoms. The van der Waals surface area contributed by atoms with Gasteiger partial charge in [-0.05, 0) is 41.0 Å². The molecule has 2 heterocycles. The Morgan fingerprint density at radius 3 is 1.92 bits per heavy atom. The average molecular weight is 379 g/mol. The largest absolute Gasteiger partial charge is 0.263 e. The molecule has 0 aliphatic carbocycles. The zero-order valence-corrected chi connectivity index (χ0v) is 15.4. The summed E-state index contributed by atoms with van der Waals surface area (Å²) in [5.41, 5.74) is 4.77. The van der Waals surface area contributed by atoms with Gasteiger partial charge in [-0.15, -0.1) is 0 Å². The highest BCUT2D eigenvalue weighted by atomic mass is 35.5. The van der Waals surface area contributed by atoms with Crippen LogP contribution >= 0.6 is 23.2 Å². The fourth-order valence-electron chi connectivity index (χ4n) is 3.87. The molecule has 1 saturated heterocycles. The average Bonchev–Trinajstić information content (AvgIpc) is 3.29. The minimum atomic E-state index is 0.0214. The Morgan fingerprint density at radius 2 is 1.27 bits per heavy atom. The van der Waals surface area contributed by atoms with Crippen molar-refractivity contribution in [3.05, 3.63) is 106 Å². The maximum atomic E-state index is 6.07. The number of fused-ring (bicyclic) bond motifs is 1. The highest BCUT2D eigenvalue weighted by Crippen LogP contribution is 2.55. The summed E-state index contributed by atoms with van der Waals surface area (Å²) in [6.07, 6.45) is 0.0214. The van der Waals surface area contributed by atoms with E-state index in [2.05, 4.69) is 59.5 Å². The molecule has 5 rings (SSSR count). The molecule has 26 heavy (non-hydrogen) atoms. The Kier molecular flexibility index (Phi) is 3.86. The third kappa shape index (κ3) is 2.66. The fourth-order valence-corrected chi connectivity index (χ4v) is 4.12. The van der Waals surface area contributed by atoms with E-state index in [0.29, 0.717) is 12.1 Å². The number of hydrogen-bond acceptors (Lipinski definition) is 2. The Bertz CT molecular complexity index is 965. The van der Waals surface area contributed by atoms with Crippen molar-refractivity contribution in [1.29, 1.82) is 0 Å². The predicted molar refractivity (Wildman–Crippen MR) is 107 cm³/mol. The van der Waals surface area contributed by atoms with Gasteiger partial charge in [0.05, 0.1) is 17.8 Å². The van der Waals surface area contributed by atoms with E-state index in [1.165, 1.54) is 11.1 Å². The van der Waals surface area contributed by atoms with Crippen molar-refractivity contribution in [2.24, 2.45) is 4.99 Å². The van der Waals surface area contributed by atoms with Crippen molar-refractivity contribution in [1.82, 2.24) is 4.90 Å². The lowest BCUT2D eigenvalue weighted by Crippen LogP contribution is -2.08. The molecule has 2 aliphatic rings. The van der Waals surface area contributed by atoms with E-state index < -0.39 is 0 Å². The predicted octanol–water partition coefficient (Wildman–Crippen LogP) is 5.92. The maximum absolute atomic E-state index is 6.07. The summed E-state index contributed by atoms with van der Waals surface area (Å²) in [6, 6.07) is 27.3. The fraction of sp³-hybridized carbons (Fsp3) is 0.136. The zero-order chi connectivity index (χ0) is 17.7. The van der Waals surface area contributed by atoms with Crippen LogP contribution in [0.25, 0.3) is 0 Å². The summed E-state index contributed by atoms with van der Waals surface area (Å²) in [5, 5.41) is 1.49. The monoisotopic (exact) mass is 378 g/mol. The van der Waals surface area contributed by atoms with Gasteiger partial charge in [0.2, 0.25) is 0 Å². The Hall–Kier alpha value is -2.13. The molecular formula is C22H16Cl2N2. The van der Waals surface area contributed by atoms with Crippen LogP contribution in [0, 0.1) is 0 Å². The van der Waals surface area contributed by atoms with Crippen LogP contribution in [0.1, 0.15) is 28.9 Å². The second-order valence-corrected chi connectivity index (χ2v) is 7.57. The standard InChI is InChI=1S/C22H16Cl2N2/c23-17-10-6-14(7-11-17)19-21-20(15-4-2-1-3-5-15)26(21)22(25-19)16-8-12-18(24)13-9-16/h1-13,20-22H/t20-,21-,22+,26?/m0/s1.